The average molecular weight is 390 g/mol. The second kappa shape index (κ2) is 8.22. The lowest BCUT2D eigenvalue weighted by atomic mass is 9.64. The molecule has 0 aliphatic carbocycles. The van der Waals surface area contributed by atoms with Crippen LogP contribution in [0.3, 0.4) is 0 Å². The van der Waals surface area contributed by atoms with Crippen LogP contribution in [0.1, 0.15) is 38.2 Å². The minimum absolute atomic E-state index is 0.0326. The summed E-state index contributed by atoms with van der Waals surface area (Å²) in [5, 5.41) is 10.6. The minimum atomic E-state index is -0.702. The third kappa shape index (κ3) is 3.13. The van der Waals surface area contributed by atoms with Crippen molar-refractivity contribution in [2.45, 2.75) is 5.41 Å². The number of carbonyl (C=O) groups is 1. The Morgan fingerprint density at radius 1 is 0.667 bits per heavy atom. The van der Waals surface area contributed by atoms with Crippen molar-refractivity contribution in [1.29, 1.82) is 0 Å². The molecular weight excluding hydrogens is 368 g/mol. The van der Waals surface area contributed by atoms with Crippen molar-refractivity contribution in [1.82, 2.24) is 0 Å². The second-order valence-corrected chi connectivity index (χ2v) is 7.16. The quantitative estimate of drug-likeness (QED) is 0.313. The van der Waals surface area contributed by atoms with Crippen LogP contribution >= 0.6 is 0 Å². The number of benzene rings is 4. The van der Waals surface area contributed by atoms with Gasteiger partial charge in [-0.1, -0.05) is 104 Å². The summed E-state index contributed by atoms with van der Waals surface area (Å²) in [5.41, 5.74) is 4.61. The highest BCUT2D eigenvalue weighted by Gasteiger charge is 2.39. The van der Waals surface area contributed by atoms with Crippen LogP contribution in [0.2, 0.25) is 0 Å². The van der Waals surface area contributed by atoms with Gasteiger partial charge in [-0.3, -0.25) is 4.79 Å². The largest absolute Gasteiger partial charge is 0.507 e. The van der Waals surface area contributed by atoms with Crippen LogP contribution in [-0.4, -0.2) is 11.4 Å². The zero-order valence-electron chi connectivity index (χ0n) is 16.5. The van der Waals surface area contributed by atoms with E-state index in [4.69, 9.17) is 0 Å². The molecule has 0 aliphatic heterocycles. The standard InChI is InChI=1S/C28H22O2/c1-2-21-11-9-10-16-26(21)28(23-12-5-3-6-13-23,24-14-7-4-8-15-24)25-18-17-22(20-29)27(30)19-25/h2-20,30H,1H2. The van der Waals surface area contributed by atoms with Gasteiger partial charge in [-0.05, 0) is 39.9 Å². The van der Waals surface area contributed by atoms with Crippen LogP contribution in [0.4, 0.5) is 0 Å². The zero-order chi connectivity index (χ0) is 21.0. The summed E-state index contributed by atoms with van der Waals surface area (Å²) < 4.78 is 0. The lowest BCUT2D eigenvalue weighted by molar-refractivity contribution is 0.112. The van der Waals surface area contributed by atoms with E-state index < -0.39 is 5.41 Å². The van der Waals surface area contributed by atoms with Gasteiger partial charge < -0.3 is 5.11 Å². The van der Waals surface area contributed by atoms with E-state index in [1.807, 2.05) is 66.7 Å². The third-order valence-electron chi connectivity index (χ3n) is 5.59. The van der Waals surface area contributed by atoms with Gasteiger partial charge in [0.05, 0.1) is 11.0 Å². The fourth-order valence-corrected chi connectivity index (χ4v) is 4.24. The van der Waals surface area contributed by atoms with Crippen LogP contribution in [0, 0.1) is 0 Å². The molecule has 1 N–H and O–H groups in total. The third-order valence-corrected chi connectivity index (χ3v) is 5.59. The Kier molecular flexibility index (Phi) is 5.32. The van der Waals surface area contributed by atoms with E-state index in [0.29, 0.717) is 6.29 Å². The number of aldehydes is 1. The summed E-state index contributed by atoms with van der Waals surface area (Å²) >= 11 is 0. The molecule has 0 aliphatic rings. The van der Waals surface area contributed by atoms with Crippen molar-refractivity contribution in [2.24, 2.45) is 0 Å². The van der Waals surface area contributed by atoms with Gasteiger partial charge in [0.25, 0.3) is 0 Å². The first-order valence-corrected chi connectivity index (χ1v) is 9.83. The molecule has 2 heteroatoms. The Hall–Kier alpha value is -3.91. The molecule has 0 aromatic heterocycles. The maximum Gasteiger partial charge on any atom is 0.153 e. The molecule has 146 valence electrons. The first-order chi connectivity index (χ1) is 14.7. The molecule has 0 atom stereocenters. The molecule has 0 bridgehead atoms. The molecule has 0 saturated heterocycles. The molecule has 0 radical (unpaired) electrons. The smallest absolute Gasteiger partial charge is 0.153 e. The van der Waals surface area contributed by atoms with E-state index in [9.17, 15) is 9.90 Å². The summed E-state index contributed by atoms with van der Waals surface area (Å²) in [6.07, 6.45) is 2.53. The number of hydrogen-bond acceptors (Lipinski definition) is 2. The number of phenols is 1. The van der Waals surface area contributed by atoms with E-state index in [-0.39, 0.29) is 11.3 Å². The first-order valence-electron chi connectivity index (χ1n) is 9.83. The van der Waals surface area contributed by atoms with Gasteiger partial charge in [0.2, 0.25) is 0 Å². The van der Waals surface area contributed by atoms with Gasteiger partial charge in [-0.2, -0.15) is 0 Å². The fraction of sp³-hybridized carbons (Fsp3) is 0.0357. The molecule has 4 aromatic carbocycles. The summed E-state index contributed by atoms with van der Waals surface area (Å²) in [4.78, 5) is 11.3. The van der Waals surface area contributed by atoms with E-state index in [2.05, 4.69) is 36.9 Å². The number of rotatable bonds is 6. The summed E-state index contributed by atoms with van der Waals surface area (Å²) in [5.74, 6) is -0.0326. The Morgan fingerprint density at radius 3 is 1.77 bits per heavy atom. The summed E-state index contributed by atoms with van der Waals surface area (Å²) in [7, 11) is 0. The number of carbonyl (C=O) groups excluding carboxylic acids is 1. The van der Waals surface area contributed by atoms with Gasteiger partial charge in [-0.25, -0.2) is 0 Å². The van der Waals surface area contributed by atoms with Gasteiger partial charge in [-0.15, -0.1) is 0 Å². The van der Waals surface area contributed by atoms with Crippen LogP contribution in [0.25, 0.3) is 6.08 Å². The van der Waals surface area contributed by atoms with Crippen molar-refractivity contribution >= 4 is 12.4 Å². The average Bonchev–Trinajstić information content (AvgIpc) is 2.81. The van der Waals surface area contributed by atoms with E-state index in [0.717, 1.165) is 27.8 Å². The van der Waals surface area contributed by atoms with Crippen LogP contribution in [-0.2, 0) is 5.41 Å². The molecule has 2 nitrogen and oxygen atoms in total. The highest BCUT2D eigenvalue weighted by molar-refractivity contribution is 5.80. The molecular formula is C28H22O2. The predicted molar refractivity (Wildman–Crippen MR) is 122 cm³/mol. The SMILES string of the molecule is C=Cc1ccccc1C(c1ccccc1)(c1ccccc1)c1ccc(C=O)c(O)c1. The van der Waals surface area contributed by atoms with Crippen molar-refractivity contribution in [2.75, 3.05) is 0 Å². The van der Waals surface area contributed by atoms with Gasteiger partial charge in [0.1, 0.15) is 5.75 Å². The molecule has 4 rings (SSSR count). The van der Waals surface area contributed by atoms with Crippen molar-refractivity contribution in [3.63, 3.8) is 0 Å². The van der Waals surface area contributed by atoms with E-state index >= 15 is 0 Å². The van der Waals surface area contributed by atoms with Crippen molar-refractivity contribution in [3.05, 3.63) is 143 Å². The first kappa shape index (κ1) is 19.4. The van der Waals surface area contributed by atoms with Crippen molar-refractivity contribution < 1.29 is 9.90 Å². The lowest BCUT2D eigenvalue weighted by Crippen LogP contribution is -2.31. The van der Waals surface area contributed by atoms with E-state index in [1.165, 1.54) is 0 Å². The molecule has 4 aromatic rings. The minimum Gasteiger partial charge on any atom is -0.507 e. The normalized spacial score (nSPS) is 11.1. The van der Waals surface area contributed by atoms with E-state index in [1.54, 1.807) is 12.1 Å². The summed E-state index contributed by atoms with van der Waals surface area (Å²) in [6.45, 7) is 4.04. The van der Waals surface area contributed by atoms with Crippen LogP contribution in [0.5, 0.6) is 5.75 Å². The Balaban J connectivity index is 2.19. The van der Waals surface area contributed by atoms with Crippen molar-refractivity contribution in [3.8, 4) is 5.75 Å². The molecule has 0 unspecified atom stereocenters. The predicted octanol–water partition coefficient (Wildman–Crippen LogP) is 6.23. The Morgan fingerprint density at radius 2 is 1.23 bits per heavy atom. The molecule has 0 spiro atoms. The molecule has 0 fully saturated rings. The lowest BCUT2D eigenvalue weighted by Gasteiger charge is -2.38. The zero-order valence-corrected chi connectivity index (χ0v) is 16.5. The maximum atomic E-state index is 11.3. The monoisotopic (exact) mass is 390 g/mol. The van der Waals surface area contributed by atoms with Gasteiger partial charge >= 0.3 is 0 Å². The van der Waals surface area contributed by atoms with Gasteiger partial charge in [0.15, 0.2) is 6.29 Å². The van der Waals surface area contributed by atoms with Crippen LogP contribution < -0.4 is 0 Å². The molecule has 0 heterocycles. The maximum absolute atomic E-state index is 11.3. The molecule has 30 heavy (non-hydrogen) atoms. The second-order valence-electron chi connectivity index (χ2n) is 7.16. The summed E-state index contributed by atoms with van der Waals surface area (Å²) in [6, 6.07) is 33.9. The van der Waals surface area contributed by atoms with Gasteiger partial charge in [0, 0.05) is 0 Å². The highest BCUT2D eigenvalue weighted by atomic mass is 16.3. The molecule has 0 saturated carbocycles. The van der Waals surface area contributed by atoms with Crippen LogP contribution in [0.15, 0.2) is 110 Å². The number of phenolic OH excluding ortho intramolecular Hbond substituents is 1. The highest BCUT2D eigenvalue weighted by Crippen LogP contribution is 2.47. The fourth-order valence-electron chi connectivity index (χ4n) is 4.24. The Bertz CT molecular complexity index is 1140. The number of hydrogen-bond donors (Lipinski definition) is 1. The number of aromatic hydroxyl groups is 1. The topological polar surface area (TPSA) is 37.3 Å². The molecule has 0 amide bonds. The Labute approximate surface area is 176 Å².